The van der Waals surface area contributed by atoms with Crippen molar-refractivity contribution in [2.24, 2.45) is 7.05 Å². The predicted octanol–water partition coefficient (Wildman–Crippen LogP) is 3.29. The molecule has 1 N–H and O–H groups in total. The van der Waals surface area contributed by atoms with E-state index in [0.29, 0.717) is 17.1 Å². The summed E-state index contributed by atoms with van der Waals surface area (Å²) in [6.07, 6.45) is 0.651. The number of hydrogen-bond acceptors (Lipinski definition) is 9. The molecule has 2 aliphatic rings. The Morgan fingerprint density at radius 2 is 1.66 bits per heavy atom. The highest BCUT2D eigenvalue weighted by atomic mass is 32.2. The molecule has 6 rings (SSSR count). The molecule has 0 saturated carbocycles. The van der Waals surface area contributed by atoms with Gasteiger partial charge in [-0.1, -0.05) is 84.9 Å². The van der Waals surface area contributed by atoms with Gasteiger partial charge in [-0.2, -0.15) is 0 Å². The number of hydrogen-bond donors (Lipinski definition) is 1. The molecule has 2 atom stereocenters. The van der Waals surface area contributed by atoms with E-state index >= 15 is 0 Å². The molecule has 4 aromatic rings. The molecular weight excluding hydrogens is 580 g/mol. The van der Waals surface area contributed by atoms with E-state index in [1.165, 1.54) is 27.4 Å². The Hall–Kier alpha value is -5.23. The minimum Gasteiger partial charge on any atom is -0.484 e. The number of ether oxygens (including phenoxy) is 2. The minimum atomic E-state index is -1.46. The molecule has 1 unspecified atom stereocenters. The highest BCUT2D eigenvalue weighted by Crippen LogP contribution is 2.49. The first-order valence-corrected chi connectivity index (χ1v) is 14.8. The standard InChI is InChI=1S/C32H28N6O5S/c1-3-32(33-25(39)19-42-23-17-11-6-12-18-23)30(41)38-26(24(20-44-31(32)38)28-34-35-36-37(28)2)29(40)43-27(21-13-7-4-8-14-21)22-15-9-5-10-16-22/h3-18,27,31H,1,19-20H2,2H3,(H,33,39)/t31-,32?/m0/s1. The lowest BCUT2D eigenvalue weighted by Gasteiger charge is -2.56. The van der Waals surface area contributed by atoms with Crippen LogP contribution in [0.25, 0.3) is 5.57 Å². The monoisotopic (exact) mass is 608 g/mol. The van der Waals surface area contributed by atoms with Crippen molar-refractivity contribution in [1.82, 2.24) is 30.4 Å². The number of para-hydroxylation sites is 1. The van der Waals surface area contributed by atoms with E-state index in [2.05, 4.69) is 27.4 Å². The minimum absolute atomic E-state index is 0.0146. The second-order valence-electron chi connectivity index (χ2n) is 10.1. The van der Waals surface area contributed by atoms with Crippen LogP contribution in [0.4, 0.5) is 0 Å². The van der Waals surface area contributed by atoms with E-state index in [-0.39, 0.29) is 18.1 Å². The van der Waals surface area contributed by atoms with E-state index in [4.69, 9.17) is 9.47 Å². The summed E-state index contributed by atoms with van der Waals surface area (Å²) in [6, 6.07) is 27.6. The first kappa shape index (κ1) is 28.9. The lowest BCUT2D eigenvalue weighted by molar-refractivity contribution is -0.158. The zero-order valence-corrected chi connectivity index (χ0v) is 24.5. The number of rotatable bonds is 10. The van der Waals surface area contributed by atoms with Gasteiger partial charge in [0.05, 0.1) is 0 Å². The fourth-order valence-corrected chi connectivity index (χ4v) is 6.72. The van der Waals surface area contributed by atoms with Gasteiger partial charge in [-0.15, -0.1) is 23.4 Å². The van der Waals surface area contributed by atoms with E-state index in [1.807, 2.05) is 66.7 Å². The number of esters is 1. The maximum Gasteiger partial charge on any atom is 0.356 e. The fraction of sp³-hybridized carbons (Fsp3) is 0.188. The van der Waals surface area contributed by atoms with Gasteiger partial charge in [0.15, 0.2) is 24.1 Å². The number of amides is 2. The van der Waals surface area contributed by atoms with Crippen LogP contribution in [0.2, 0.25) is 0 Å². The molecule has 0 spiro atoms. The summed E-state index contributed by atoms with van der Waals surface area (Å²) in [4.78, 5) is 42.5. The molecule has 0 bridgehead atoms. The average Bonchev–Trinajstić information content (AvgIpc) is 3.50. The number of benzene rings is 3. The van der Waals surface area contributed by atoms with Crippen molar-refractivity contribution in [2.75, 3.05) is 12.4 Å². The molecule has 3 heterocycles. The van der Waals surface area contributed by atoms with Crippen molar-refractivity contribution in [3.8, 4) is 5.75 Å². The molecule has 1 saturated heterocycles. The van der Waals surface area contributed by atoms with Crippen molar-refractivity contribution >= 4 is 35.1 Å². The van der Waals surface area contributed by atoms with Crippen molar-refractivity contribution in [3.63, 3.8) is 0 Å². The average molecular weight is 609 g/mol. The Morgan fingerprint density at radius 1 is 1.05 bits per heavy atom. The summed E-state index contributed by atoms with van der Waals surface area (Å²) in [5, 5.41) is 13.9. The van der Waals surface area contributed by atoms with Gasteiger partial charge in [-0.25, -0.2) is 9.48 Å². The van der Waals surface area contributed by atoms with Crippen molar-refractivity contribution in [3.05, 3.63) is 126 Å². The molecule has 1 aromatic heterocycles. The number of aryl methyl sites for hydroxylation is 1. The Bertz CT molecular complexity index is 1690. The number of nitrogens with zero attached hydrogens (tertiary/aromatic N) is 5. The lowest BCUT2D eigenvalue weighted by atomic mass is 9.86. The number of fused-ring (bicyclic) bond motifs is 1. The van der Waals surface area contributed by atoms with Crippen LogP contribution < -0.4 is 10.1 Å². The van der Waals surface area contributed by atoms with Crippen LogP contribution in [-0.4, -0.2) is 66.2 Å². The summed E-state index contributed by atoms with van der Waals surface area (Å²) in [5.74, 6) is -0.662. The third-order valence-electron chi connectivity index (χ3n) is 7.40. The highest BCUT2D eigenvalue weighted by Gasteiger charge is 2.64. The second kappa shape index (κ2) is 12.2. The summed E-state index contributed by atoms with van der Waals surface area (Å²) < 4.78 is 13.2. The maximum atomic E-state index is 14.2. The van der Waals surface area contributed by atoms with E-state index in [9.17, 15) is 14.4 Å². The summed E-state index contributed by atoms with van der Waals surface area (Å²) in [6.45, 7) is 3.56. The zero-order chi connectivity index (χ0) is 30.7. The van der Waals surface area contributed by atoms with Crippen LogP contribution in [0.5, 0.6) is 5.75 Å². The molecule has 2 aliphatic heterocycles. The van der Waals surface area contributed by atoms with Crippen LogP contribution in [0.1, 0.15) is 23.1 Å². The van der Waals surface area contributed by atoms with Crippen LogP contribution >= 0.6 is 11.8 Å². The SMILES string of the molecule is C=CC1(NC(=O)COc2ccccc2)C(=O)N2C(C(=O)OC(c3ccccc3)c3ccccc3)=C(c3nnnn3C)CS[C@H]21. The van der Waals surface area contributed by atoms with Crippen molar-refractivity contribution < 1.29 is 23.9 Å². The summed E-state index contributed by atoms with van der Waals surface area (Å²) in [7, 11) is 1.65. The molecule has 2 amide bonds. The number of carbonyl (C=O) groups is 3. The maximum absolute atomic E-state index is 14.2. The third-order valence-corrected chi connectivity index (χ3v) is 8.76. The van der Waals surface area contributed by atoms with Crippen molar-refractivity contribution in [2.45, 2.75) is 17.0 Å². The van der Waals surface area contributed by atoms with Crippen LogP contribution in [0.15, 0.2) is 109 Å². The highest BCUT2D eigenvalue weighted by molar-refractivity contribution is 8.00. The molecule has 12 heteroatoms. The predicted molar refractivity (Wildman–Crippen MR) is 163 cm³/mol. The summed E-state index contributed by atoms with van der Waals surface area (Å²) >= 11 is 1.36. The van der Waals surface area contributed by atoms with Gasteiger partial charge in [0.1, 0.15) is 16.8 Å². The number of carbonyl (C=O) groups excluding carboxylic acids is 3. The van der Waals surface area contributed by atoms with E-state index in [0.717, 1.165) is 11.1 Å². The third kappa shape index (κ3) is 5.24. The van der Waals surface area contributed by atoms with Gasteiger partial charge in [0.2, 0.25) is 0 Å². The van der Waals surface area contributed by atoms with Gasteiger partial charge in [0.25, 0.3) is 11.8 Å². The first-order valence-electron chi connectivity index (χ1n) is 13.8. The quantitative estimate of drug-likeness (QED) is 0.164. The number of thioether (sulfide) groups is 1. The van der Waals surface area contributed by atoms with Gasteiger partial charge < -0.3 is 14.8 Å². The number of tetrazole rings is 1. The van der Waals surface area contributed by atoms with Gasteiger partial charge in [-0.3, -0.25) is 14.5 Å². The topological polar surface area (TPSA) is 129 Å². The smallest absolute Gasteiger partial charge is 0.356 e. The number of aromatic nitrogens is 4. The molecule has 44 heavy (non-hydrogen) atoms. The molecule has 222 valence electrons. The van der Waals surface area contributed by atoms with Gasteiger partial charge in [0, 0.05) is 18.4 Å². The molecule has 0 aliphatic carbocycles. The van der Waals surface area contributed by atoms with Crippen LogP contribution in [0, 0.1) is 0 Å². The van der Waals surface area contributed by atoms with Crippen molar-refractivity contribution in [1.29, 1.82) is 0 Å². The normalized spacial score (nSPS) is 19.2. The molecule has 3 aromatic carbocycles. The van der Waals surface area contributed by atoms with Gasteiger partial charge >= 0.3 is 5.97 Å². The van der Waals surface area contributed by atoms with Crippen LogP contribution in [-0.2, 0) is 26.2 Å². The Balaban J connectivity index is 1.32. The Morgan fingerprint density at radius 3 is 2.23 bits per heavy atom. The Kier molecular flexibility index (Phi) is 7.99. The molecular formula is C32H28N6O5S. The van der Waals surface area contributed by atoms with Gasteiger partial charge in [-0.05, 0) is 33.7 Å². The number of β-lactam (4-membered cyclic amide) rings is 1. The summed E-state index contributed by atoms with van der Waals surface area (Å²) in [5.41, 5.74) is 0.513. The fourth-order valence-electron chi connectivity index (χ4n) is 5.26. The lowest BCUT2D eigenvalue weighted by Crippen LogP contribution is -2.79. The molecule has 1 fully saturated rings. The van der Waals surface area contributed by atoms with Crippen LogP contribution in [0.3, 0.4) is 0 Å². The molecule has 0 radical (unpaired) electrons. The van der Waals surface area contributed by atoms with E-state index in [1.54, 1.807) is 31.3 Å². The zero-order valence-electron chi connectivity index (χ0n) is 23.7. The number of nitrogens with one attached hydrogen (secondary N) is 1. The molecule has 11 nitrogen and oxygen atoms in total. The second-order valence-corrected chi connectivity index (χ2v) is 11.2. The largest absolute Gasteiger partial charge is 0.484 e. The van der Waals surface area contributed by atoms with E-state index < -0.39 is 34.8 Å². The Labute approximate surface area is 257 Å². The first-order chi connectivity index (χ1) is 21.4.